The molecule has 0 spiro atoms. The van der Waals surface area contributed by atoms with Crippen LogP contribution in [-0.4, -0.2) is 17.7 Å². The second-order valence-electron chi connectivity index (χ2n) is 9.77. The van der Waals surface area contributed by atoms with Gasteiger partial charge >= 0.3 is 5.97 Å². The van der Waals surface area contributed by atoms with E-state index in [9.17, 15) is 18.7 Å². The van der Waals surface area contributed by atoms with Crippen molar-refractivity contribution in [3.05, 3.63) is 76.9 Å². The normalized spacial score (nSPS) is 11.1. The minimum absolute atomic E-state index is 0.00713. The van der Waals surface area contributed by atoms with Gasteiger partial charge in [-0.05, 0) is 54.2 Å². The van der Waals surface area contributed by atoms with E-state index >= 15 is 8.78 Å². The van der Waals surface area contributed by atoms with Crippen molar-refractivity contribution in [2.45, 2.75) is 78.1 Å². The van der Waals surface area contributed by atoms with Gasteiger partial charge < -0.3 is 9.84 Å². The monoisotopic (exact) mass is 544 g/mol. The van der Waals surface area contributed by atoms with E-state index in [4.69, 9.17) is 4.74 Å². The molecule has 3 nitrogen and oxygen atoms in total. The van der Waals surface area contributed by atoms with Crippen LogP contribution in [0.25, 0.3) is 22.3 Å². The van der Waals surface area contributed by atoms with Crippen LogP contribution in [0.2, 0.25) is 0 Å². The molecule has 0 radical (unpaired) electrons. The van der Waals surface area contributed by atoms with Crippen LogP contribution in [0.1, 0.15) is 87.6 Å². The van der Waals surface area contributed by atoms with Crippen molar-refractivity contribution in [3.63, 3.8) is 0 Å². The summed E-state index contributed by atoms with van der Waals surface area (Å²) in [6.45, 7) is 4.69. The molecule has 0 atom stereocenters. The van der Waals surface area contributed by atoms with E-state index in [2.05, 4.69) is 6.92 Å². The van der Waals surface area contributed by atoms with E-state index in [1.165, 1.54) is 37.8 Å². The summed E-state index contributed by atoms with van der Waals surface area (Å²) in [6, 6.07) is 10.2. The Morgan fingerprint density at radius 2 is 1.28 bits per heavy atom. The van der Waals surface area contributed by atoms with Crippen LogP contribution < -0.4 is 4.74 Å². The van der Waals surface area contributed by atoms with Crippen molar-refractivity contribution < 1.29 is 32.2 Å². The fourth-order valence-corrected chi connectivity index (χ4v) is 4.64. The fourth-order valence-electron chi connectivity index (χ4n) is 4.64. The third-order valence-corrected chi connectivity index (χ3v) is 6.87. The summed E-state index contributed by atoms with van der Waals surface area (Å²) in [6.07, 6.45) is 8.97. The van der Waals surface area contributed by atoms with Crippen LogP contribution in [0.15, 0.2) is 42.5 Å². The summed E-state index contributed by atoms with van der Waals surface area (Å²) in [7, 11) is 0. The van der Waals surface area contributed by atoms with Crippen LogP contribution in [-0.2, 0) is 6.42 Å². The minimum atomic E-state index is -1.69. The molecule has 0 fully saturated rings. The molecule has 0 unspecified atom stereocenters. The first-order valence-corrected chi connectivity index (χ1v) is 13.8. The second kappa shape index (κ2) is 14.7. The molecular formula is C32H36F4O3. The van der Waals surface area contributed by atoms with E-state index in [0.717, 1.165) is 31.7 Å². The fraction of sp³-hybridized carbons (Fsp3) is 0.406. The number of hydrogen-bond donors (Lipinski definition) is 1. The Morgan fingerprint density at radius 3 is 1.95 bits per heavy atom. The standard InChI is InChI=1S/C32H36F4O3/c1-3-5-7-8-9-11-19-39-22-15-13-21(14-16-22)23-17-18-25(30(35)28(23)33)26-20-27(32(37)38)31(36)29(34)24(26)12-10-6-4-2/h13-18,20H,3-12,19H2,1-2H3,(H,37,38). The molecule has 0 heterocycles. The number of aromatic carboxylic acids is 1. The molecule has 7 heteroatoms. The third-order valence-electron chi connectivity index (χ3n) is 6.87. The number of carboxylic acids is 1. The van der Waals surface area contributed by atoms with Crippen molar-refractivity contribution in [2.75, 3.05) is 6.61 Å². The SMILES string of the molecule is CCCCCCCCOc1ccc(-c2ccc(-c3cc(C(=O)O)c(F)c(F)c3CCCCC)c(F)c2F)cc1. The van der Waals surface area contributed by atoms with Gasteiger partial charge in [-0.25, -0.2) is 22.4 Å². The molecule has 3 aromatic carbocycles. The molecule has 0 bridgehead atoms. The van der Waals surface area contributed by atoms with Crippen molar-refractivity contribution in [3.8, 4) is 28.0 Å². The molecule has 210 valence electrons. The van der Waals surface area contributed by atoms with Crippen molar-refractivity contribution >= 4 is 5.97 Å². The molecule has 0 aliphatic rings. The largest absolute Gasteiger partial charge is 0.494 e. The van der Waals surface area contributed by atoms with Crippen LogP contribution in [0.4, 0.5) is 17.6 Å². The smallest absolute Gasteiger partial charge is 0.338 e. The van der Waals surface area contributed by atoms with Gasteiger partial charge in [0.15, 0.2) is 23.3 Å². The van der Waals surface area contributed by atoms with Gasteiger partial charge in [-0.3, -0.25) is 0 Å². The van der Waals surface area contributed by atoms with Crippen molar-refractivity contribution in [1.29, 1.82) is 0 Å². The van der Waals surface area contributed by atoms with Crippen LogP contribution in [0.5, 0.6) is 5.75 Å². The van der Waals surface area contributed by atoms with Crippen molar-refractivity contribution in [1.82, 2.24) is 0 Å². The molecule has 0 amide bonds. The van der Waals surface area contributed by atoms with Gasteiger partial charge in [0.1, 0.15) is 5.75 Å². The van der Waals surface area contributed by atoms with Gasteiger partial charge in [-0.1, -0.05) is 83.1 Å². The number of carbonyl (C=O) groups is 1. The van der Waals surface area contributed by atoms with Crippen LogP contribution >= 0.6 is 0 Å². The maximum absolute atomic E-state index is 15.4. The average molecular weight is 545 g/mol. The maximum atomic E-state index is 15.4. The highest BCUT2D eigenvalue weighted by molar-refractivity contribution is 5.90. The lowest BCUT2D eigenvalue weighted by Gasteiger charge is -2.16. The summed E-state index contributed by atoms with van der Waals surface area (Å²) < 4.78 is 65.8. The summed E-state index contributed by atoms with van der Waals surface area (Å²) in [5.74, 6) is -6.33. The summed E-state index contributed by atoms with van der Waals surface area (Å²) in [5.41, 5.74) is -1.16. The highest BCUT2D eigenvalue weighted by Gasteiger charge is 2.25. The molecule has 0 saturated carbocycles. The molecule has 3 aromatic rings. The molecule has 0 aromatic heterocycles. The lowest BCUT2D eigenvalue weighted by atomic mass is 9.91. The third kappa shape index (κ3) is 7.61. The predicted molar refractivity (Wildman–Crippen MR) is 146 cm³/mol. The number of halogens is 4. The van der Waals surface area contributed by atoms with E-state index in [1.807, 2.05) is 6.92 Å². The number of hydrogen-bond acceptors (Lipinski definition) is 2. The number of rotatable bonds is 15. The summed E-state index contributed by atoms with van der Waals surface area (Å²) in [4.78, 5) is 11.5. The van der Waals surface area contributed by atoms with E-state index < -0.39 is 34.8 Å². The van der Waals surface area contributed by atoms with E-state index in [-0.39, 0.29) is 28.7 Å². The Morgan fingerprint density at radius 1 is 0.692 bits per heavy atom. The minimum Gasteiger partial charge on any atom is -0.494 e. The molecule has 1 N–H and O–H groups in total. The lowest BCUT2D eigenvalue weighted by Crippen LogP contribution is -2.09. The second-order valence-corrected chi connectivity index (χ2v) is 9.77. The Hall–Kier alpha value is -3.35. The Labute approximate surface area is 227 Å². The number of unbranched alkanes of at least 4 members (excludes halogenated alkanes) is 7. The van der Waals surface area contributed by atoms with E-state index in [0.29, 0.717) is 24.3 Å². The van der Waals surface area contributed by atoms with Gasteiger partial charge in [0, 0.05) is 11.1 Å². The van der Waals surface area contributed by atoms with Gasteiger partial charge in [0.25, 0.3) is 0 Å². The van der Waals surface area contributed by atoms with Crippen LogP contribution in [0, 0.1) is 23.3 Å². The van der Waals surface area contributed by atoms with Gasteiger partial charge in [0.05, 0.1) is 12.2 Å². The molecule has 39 heavy (non-hydrogen) atoms. The first-order valence-electron chi connectivity index (χ1n) is 13.8. The zero-order chi connectivity index (χ0) is 28.4. The average Bonchev–Trinajstić information content (AvgIpc) is 2.93. The molecule has 0 aliphatic heterocycles. The molecule has 3 rings (SSSR count). The maximum Gasteiger partial charge on any atom is 0.338 e. The molecular weight excluding hydrogens is 508 g/mol. The zero-order valence-corrected chi connectivity index (χ0v) is 22.6. The van der Waals surface area contributed by atoms with E-state index in [1.54, 1.807) is 24.3 Å². The predicted octanol–water partition coefficient (Wildman–Crippen LogP) is 9.75. The molecule has 0 aliphatic carbocycles. The van der Waals surface area contributed by atoms with Crippen molar-refractivity contribution in [2.24, 2.45) is 0 Å². The Balaban J connectivity index is 1.85. The zero-order valence-electron chi connectivity index (χ0n) is 22.6. The van der Waals surface area contributed by atoms with Crippen LogP contribution in [0.3, 0.4) is 0 Å². The summed E-state index contributed by atoms with van der Waals surface area (Å²) >= 11 is 0. The lowest BCUT2D eigenvalue weighted by molar-refractivity contribution is 0.0690. The Bertz CT molecular complexity index is 1260. The van der Waals surface area contributed by atoms with Gasteiger partial charge in [0.2, 0.25) is 0 Å². The first-order chi connectivity index (χ1) is 18.8. The molecule has 0 saturated heterocycles. The van der Waals surface area contributed by atoms with Gasteiger partial charge in [-0.2, -0.15) is 0 Å². The highest BCUT2D eigenvalue weighted by atomic mass is 19.2. The topological polar surface area (TPSA) is 46.5 Å². The Kier molecular flexibility index (Phi) is 11.4. The number of benzene rings is 3. The number of ether oxygens (including phenoxy) is 1. The number of carboxylic acid groups (broad SMARTS) is 1. The highest BCUT2D eigenvalue weighted by Crippen LogP contribution is 2.36. The quantitative estimate of drug-likeness (QED) is 0.153. The summed E-state index contributed by atoms with van der Waals surface area (Å²) in [5, 5.41) is 9.33. The van der Waals surface area contributed by atoms with Gasteiger partial charge in [-0.15, -0.1) is 0 Å². The first kappa shape index (κ1) is 30.2.